The van der Waals surface area contributed by atoms with Gasteiger partial charge in [-0.1, -0.05) is 0 Å². The van der Waals surface area contributed by atoms with E-state index in [1.54, 1.807) is 37.6 Å². The molecular formula is C14H19N5O2S. The van der Waals surface area contributed by atoms with E-state index in [9.17, 15) is 4.79 Å². The Morgan fingerprint density at radius 1 is 1.45 bits per heavy atom. The molecule has 0 aliphatic carbocycles. The summed E-state index contributed by atoms with van der Waals surface area (Å²) in [5.74, 6) is 0.432. The molecule has 8 heteroatoms. The Balaban J connectivity index is 2.04. The van der Waals surface area contributed by atoms with Crippen molar-refractivity contribution in [3.05, 3.63) is 33.9 Å². The minimum atomic E-state index is -0.251. The number of methoxy groups -OCH3 is 1. The van der Waals surface area contributed by atoms with Gasteiger partial charge in [-0.2, -0.15) is 0 Å². The molecule has 0 spiro atoms. The highest BCUT2D eigenvalue weighted by molar-refractivity contribution is 7.09. The number of hydrogen-bond donors (Lipinski definition) is 1. The van der Waals surface area contributed by atoms with Crippen molar-refractivity contribution in [3.8, 4) is 0 Å². The number of nitrogens with one attached hydrogen (secondary N) is 1. The van der Waals surface area contributed by atoms with Crippen molar-refractivity contribution < 1.29 is 9.53 Å². The summed E-state index contributed by atoms with van der Waals surface area (Å²) in [5.41, 5.74) is 1.24. The van der Waals surface area contributed by atoms with Crippen LogP contribution in [0.1, 0.15) is 34.2 Å². The SMILES string of the molecule is CNC(=O)c1ccc(N(C)Cc2csc(C(C)OC)n2)nn1. The maximum absolute atomic E-state index is 11.4. The lowest BCUT2D eigenvalue weighted by atomic mass is 10.3. The Hall–Kier alpha value is -2.06. The number of carbonyl (C=O) groups is 1. The predicted molar refractivity (Wildman–Crippen MR) is 85.1 cm³/mol. The Kier molecular flexibility index (Phi) is 5.40. The highest BCUT2D eigenvalue weighted by atomic mass is 32.1. The van der Waals surface area contributed by atoms with E-state index in [2.05, 4.69) is 20.5 Å². The zero-order chi connectivity index (χ0) is 16.1. The smallest absolute Gasteiger partial charge is 0.271 e. The number of carbonyl (C=O) groups excluding carboxylic acids is 1. The van der Waals surface area contributed by atoms with Crippen LogP contribution in [0.5, 0.6) is 0 Å². The standard InChI is InChI=1S/C14H19N5O2S/c1-9(21-4)14-16-10(8-22-14)7-19(3)12-6-5-11(17-18-12)13(20)15-2/h5-6,8-9H,7H2,1-4H3,(H,15,20). The average molecular weight is 321 g/mol. The van der Waals surface area contributed by atoms with E-state index >= 15 is 0 Å². The van der Waals surface area contributed by atoms with Gasteiger partial charge < -0.3 is 15.0 Å². The molecule has 2 heterocycles. The zero-order valence-corrected chi connectivity index (χ0v) is 13.8. The highest BCUT2D eigenvalue weighted by Crippen LogP contribution is 2.21. The topological polar surface area (TPSA) is 80.2 Å². The number of ether oxygens (including phenoxy) is 1. The molecule has 1 N–H and O–H groups in total. The lowest BCUT2D eigenvalue weighted by Gasteiger charge is -2.16. The van der Waals surface area contributed by atoms with E-state index < -0.39 is 0 Å². The van der Waals surface area contributed by atoms with Crippen LogP contribution >= 0.6 is 11.3 Å². The van der Waals surface area contributed by atoms with Crippen LogP contribution in [0.3, 0.4) is 0 Å². The second kappa shape index (κ2) is 7.28. The van der Waals surface area contributed by atoms with Crippen molar-refractivity contribution in [2.24, 2.45) is 0 Å². The number of rotatable bonds is 6. The largest absolute Gasteiger partial charge is 0.375 e. The van der Waals surface area contributed by atoms with E-state index in [1.807, 2.05) is 24.3 Å². The van der Waals surface area contributed by atoms with Gasteiger partial charge in [0.15, 0.2) is 11.5 Å². The second-order valence-electron chi connectivity index (χ2n) is 4.77. The van der Waals surface area contributed by atoms with E-state index in [4.69, 9.17) is 4.74 Å². The van der Waals surface area contributed by atoms with Crippen LogP contribution in [0.25, 0.3) is 0 Å². The fraction of sp³-hybridized carbons (Fsp3) is 0.429. The maximum Gasteiger partial charge on any atom is 0.271 e. The van der Waals surface area contributed by atoms with Gasteiger partial charge in [-0.15, -0.1) is 21.5 Å². The summed E-state index contributed by atoms with van der Waals surface area (Å²) in [6.07, 6.45) is -0.00399. The first-order valence-corrected chi connectivity index (χ1v) is 7.67. The molecule has 0 aliphatic rings. The van der Waals surface area contributed by atoms with Crippen LogP contribution < -0.4 is 10.2 Å². The maximum atomic E-state index is 11.4. The molecule has 118 valence electrons. The number of aromatic nitrogens is 3. The number of amides is 1. The Bertz CT molecular complexity index is 628. The summed E-state index contributed by atoms with van der Waals surface area (Å²) < 4.78 is 5.26. The molecule has 0 aliphatic heterocycles. The fourth-order valence-electron chi connectivity index (χ4n) is 1.78. The summed E-state index contributed by atoms with van der Waals surface area (Å²) in [5, 5.41) is 13.5. The van der Waals surface area contributed by atoms with E-state index in [0.717, 1.165) is 10.7 Å². The van der Waals surface area contributed by atoms with Crippen molar-refractivity contribution in [3.63, 3.8) is 0 Å². The average Bonchev–Trinajstić information content (AvgIpc) is 3.01. The van der Waals surface area contributed by atoms with Crippen LogP contribution in [-0.2, 0) is 11.3 Å². The third-order valence-electron chi connectivity index (χ3n) is 3.17. The second-order valence-corrected chi connectivity index (χ2v) is 5.66. The van der Waals surface area contributed by atoms with Gasteiger partial charge >= 0.3 is 0 Å². The van der Waals surface area contributed by atoms with Gasteiger partial charge in [0, 0.05) is 26.6 Å². The molecule has 2 aromatic heterocycles. The van der Waals surface area contributed by atoms with Gasteiger partial charge in [-0.3, -0.25) is 4.79 Å². The molecule has 1 amide bonds. The first kappa shape index (κ1) is 16.3. The summed E-state index contributed by atoms with van der Waals surface area (Å²) in [6.45, 7) is 2.58. The van der Waals surface area contributed by atoms with Crippen molar-refractivity contribution >= 4 is 23.1 Å². The molecule has 1 unspecified atom stereocenters. The van der Waals surface area contributed by atoms with Gasteiger partial charge in [0.05, 0.1) is 12.2 Å². The number of anilines is 1. The monoisotopic (exact) mass is 321 g/mol. The normalized spacial score (nSPS) is 12.0. The van der Waals surface area contributed by atoms with Gasteiger partial charge in [-0.05, 0) is 19.1 Å². The molecule has 7 nitrogen and oxygen atoms in total. The van der Waals surface area contributed by atoms with Gasteiger partial charge in [-0.25, -0.2) is 4.98 Å². The molecule has 0 aromatic carbocycles. The lowest BCUT2D eigenvalue weighted by molar-refractivity contribution is 0.0957. The molecule has 0 saturated carbocycles. The third kappa shape index (κ3) is 3.77. The molecule has 0 fully saturated rings. The molecule has 0 bridgehead atoms. The molecule has 2 rings (SSSR count). The lowest BCUT2D eigenvalue weighted by Crippen LogP contribution is -2.22. The third-order valence-corrected chi connectivity index (χ3v) is 4.23. The predicted octanol–water partition coefficient (Wildman–Crippen LogP) is 1.64. The van der Waals surface area contributed by atoms with Crippen molar-refractivity contribution in [1.29, 1.82) is 0 Å². The van der Waals surface area contributed by atoms with E-state index in [0.29, 0.717) is 18.1 Å². The molecule has 0 radical (unpaired) electrons. The summed E-state index contributed by atoms with van der Waals surface area (Å²) in [7, 11) is 5.13. The van der Waals surface area contributed by atoms with Crippen molar-refractivity contribution in [2.45, 2.75) is 19.6 Å². The first-order chi connectivity index (χ1) is 10.5. The summed E-state index contributed by atoms with van der Waals surface area (Å²) >= 11 is 1.58. The zero-order valence-electron chi connectivity index (χ0n) is 13.0. The number of thiazole rings is 1. The van der Waals surface area contributed by atoms with Gasteiger partial charge in [0.25, 0.3) is 5.91 Å². The van der Waals surface area contributed by atoms with Crippen LogP contribution in [0.15, 0.2) is 17.5 Å². The quantitative estimate of drug-likeness (QED) is 0.871. The van der Waals surface area contributed by atoms with Crippen molar-refractivity contribution in [1.82, 2.24) is 20.5 Å². The highest BCUT2D eigenvalue weighted by Gasteiger charge is 2.12. The summed E-state index contributed by atoms with van der Waals surface area (Å²) in [4.78, 5) is 17.9. The Labute approximate surface area is 133 Å². The van der Waals surface area contributed by atoms with Crippen LogP contribution in [0, 0.1) is 0 Å². The van der Waals surface area contributed by atoms with E-state index in [-0.39, 0.29) is 12.0 Å². The molecule has 0 saturated heterocycles. The number of hydrogen-bond acceptors (Lipinski definition) is 7. The Morgan fingerprint density at radius 3 is 2.82 bits per heavy atom. The minimum Gasteiger partial charge on any atom is -0.375 e. The molecule has 22 heavy (non-hydrogen) atoms. The molecular weight excluding hydrogens is 302 g/mol. The van der Waals surface area contributed by atoms with Crippen LogP contribution in [-0.4, -0.2) is 42.3 Å². The van der Waals surface area contributed by atoms with Gasteiger partial charge in [0.2, 0.25) is 0 Å². The fourth-order valence-corrected chi connectivity index (χ4v) is 2.63. The Morgan fingerprint density at radius 2 is 2.23 bits per heavy atom. The van der Waals surface area contributed by atoms with Crippen molar-refractivity contribution in [2.75, 3.05) is 26.1 Å². The molecule has 1 atom stereocenters. The van der Waals surface area contributed by atoms with Gasteiger partial charge in [0.1, 0.15) is 11.1 Å². The van der Waals surface area contributed by atoms with Crippen LogP contribution in [0.4, 0.5) is 5.82 Å². The first-order valence-electron chi connectivity index (χ1n) is 6.79. The summed E-state index contributed by atoms with van der Waals surface area (Å²) in [6, 6.07) is 3.42. The minimum absolute atomic E-state index is 0.00399. The number of nitrogens with zero attached hydrogens (tertiary/aromatic N) is 4. The van der Waals surface area contributed by atoms with Crippen LogP contribution in [0.2, 0.25) is 0 Å². The van der Waals surface area contributed by atoms with E-state index in [1.165, 1.54) is 0 Å². The molecule has 2 aromatic rings.